The SMILES string of the molecule is CC(C)(C)OC(=O)n1c(CO[Si](c2ccccc2)c2ccccc2)c(C(C)(C)C)c2c(C(=O)OCc3ccccc3)cccc21. The summed E-state index contributed by atoms with van der Waals surface area (Å²) in [5.74, 6) is -0.456. The summed E-state index contributed by atoms with van der Waals surface area (Å²) >= 11 is 0. The highest BCUT2D eigenvalue weighted by atomic mass is 28.3. The first kappa shape index (κ1) is 31.9. The maximum atomic E-state index is 14.0. The zero-order chi connectivity index (χ0) is 32.2. The van der Waals surface area contributed by atoms with Crippen molar-refractivity contribution in [1.82, 2.24) is 4.57 Å². The van der Waals surface area contributed by atoms with Crippen molar-refractivity contribution < 1.29 is 23.5 Å². The number of carbonyl (C=O) groups is 2. The summed E-state index contributed by atoms with van der Waals surface area (Å²) in [6.07, 6.45) is -0.524. The molecule has 7 heteroatoms. The summed E-state index contributed by atoms with van der Waals surface area (Å²) in [6.45, 7) is 12.0. The maximum absolute atomic E-state index is 14.0. The molecule has 0 atom stereocenters. The van der Waals surface area contributed by atoms with E-state index in [0.717, 1.165) is 21.5 Å². The Labute approximate surface area is 267 Å². The second kappa shape index (κ2) is 13.3. The molecule has 5 aromatic rings. The quantitative estimate of drug-likeness (QED) is 0.134. The van der Waals surface area contributed by atoms with Gasteiger partial charge >= 0.3 is 12.1 Å². The Morgan fingerprint density at radius 1 is 0.689 bits per heavy atom. The lowest BCUT2D eigenvalue weighted by Gasteiger charge is -2.25. The Bertz CT molecular complexity index is 1730. The second-order valence-corrected chi connectivity index (χ2v) is 15.1. The van der Waals surface area contributed by atoms with E-state index in [2.05, 4.69) is 45.0 Å². The lowest BCUT2D eigenvalue weighted by molar-refractivity contribution is 0.0472. The number of hydrogen-bond acceptors (Lipinski definition) is 5. The number of aromatic nitrogens is 1. The normalized spacial score (nSPS) is 12.0. The van der Waals surface area contributed by atoms with Crippen LogP contribution in [0.1, 0.15) is 68.7 Å². The van der Waals surface area contributed by atoms with Gasteiger partial charge in [-0.05, 0) is 59.8 Å². The molecule has 0 bridgehead atoms. The first-order valence-electron chi connectivity index (χ1n) is 15.2. The molecule has 0 saturated heterocycles. The average Bonchev–Trinajstić information content (AvgIpc) is 3.36. The summed E-state index contributed by atoms with van der Waals surface area (Å²) in [4.78, 5) is 27.7. The summed E-state index contributed by atoms with van der Waals surface area (Å²) in [5.41, 5.74) is 2.17. The summed E-state index contributed by atoms with van der Waals surface area (Å²) in [7, 11) is -1.69. The van der Waals surface area contributed by atoms with Gasteiger partial charge in [0.2, 0.25) is 0 Å². The predicted octanol–water partition coefficient (Wildman–Crippen LogP) is 7.40. The third-order valence-electron chi connectivity index (χ3n) is 7.28. The summed E-state index contributed by atoms with van der Waals surface area (Å²) < 4.78 is 20.2. The fourth-order valence-corrected chi connectivity index (χ4v) is 7.41. The summed E-state index contributed by atoms with van der Waals surface area (Å²) in [6, 6.07) is 35.3. The molecule has 0 aliphatic heterocycles. The van der Waals surface area contributed by atoms with E-state index in [1.54, 1.807) is 16.7 Å². The van der Waals surface area contributed by atoms with Gasteiger partial charge in [-0.2, -0.15) is 0 Å². The van der Waals surface area contributed by atoms with Crippen LogP contribution in [0.15, 0.2) is 109 Å². The van der Waals surface area contributed by atoms with E-state index in [9.17, 15) is 9.59 Å². The van der Waals surface area contributed by atoms with Gasteiger partial charge in [0.25, 0.3) is 9.04 Å². The van der Waals surface area contributed by atoms with Crippen molar-refractivity contribution >= 4 is 42.4 Å². The van der Waals surface area contributed by atoms with E-state index in [0.29, 0.717) is 22.2 Å². The Hall–Kier alpha value is -4.46. The van der Waals surface area contributed by atoms with Gasteiger partial charge in [-0.1, -0.05) is 118 Å². The Morgan fingerprint density at radius 3 is 1.78 bits per heavy atom. The van der Waals surface area contributed by atoms with E-state index in [-0.39, 0.29) is 13.2 Å². The number of rotatable bonds is 8. The van der Waals surface area contributed by atoms with Gasteiger partial charge in [0.05, 0.1) is 23.4 Å². The molecular weight excluding hydrogens is 579 g/mol. The molecule has 0 N–H and O–H groups in total. The number of fused-ring (bicyclic) bond motifs is 1. The number of benzene rings is 4. The standard InChI is InChI=1S/C38H40NO5Si/c1-37(2,3)34-32(26-43-45(28-19-12-8-13-20-28)29-21-14-9-15-22-29)39(36(41)44-38(4,5)6)31-24-16-23-30(33(31)34)35(40)42-25-27-17-10-7-11-18-27/h7-24H,25-26H2,1-6H3. The van der Waals surface area contributed by atoms with Crippen LogP contribution in [0.25, 0.3) is 10.9 Å². The van der Waals surface area contributed by atoms with Crippen molar-refractivity contribution in [2.45, 2.75) is 65.8 Å². The van der Waals surface area contributed by atoms with Crippen molar-refractivity contribution in [1.29, 1.82) is 0 Å². The van der Waals surface area contributed by atoms with Crippen molar-refractivity contribution in [3.8, 4) is 0 Å². The van der Waals surface area contributed by atoms with Crippen molar-refractivity contribution in [2.75, 3.05) is 0 Å². The van der Waals surface area contributed by atoms with Crippen LogP contribution >= 0.6 is 0 Å². The Balaban J connectivity index is 1.65. The van der Waals surface area contributed by atoms with E-state index < -0.39 is 32.1 Å². The van der Waals surface area contributed by atoms with Crippen LogP contribution in [0.2, 0.25) is 0 Å². The number of carbonyl (C=O) groups excluding carboxylic acids is 2. The number of esters is 1. The molecule has 0 saturated carbocycles. The largest absolute Gasteiger partial charge is 0.457 e. The first-order valence-corrected chi connectivity index (χ1v) is 16.6. The van der Waals surface area contributed by atoms with Crippen LogP contribution in [0.3, 0.4) is 0 Å². The minimum Gasteiger partial charge on any atom is -0.457 e. The van der Waals surface area contributed by atoms with E-state index in [1.165, 1.54) is 0 Å². The smallest absolute Gasteiger partial charge is 0.419 e. The highest BCUT2D eigenvalue weighted by molar-refractivity contribution is 6.80. The van der Waals surface area contributed by atoms with Crippen LogP contribution in [-0.4, -0.2) is 31.3 Å². The lowest BCUT2D eigenvalue weighted by atomic mass is 9.83. The molecule has 5 rings (SSSR count). The van der Waals surface area contributed by atoms with Crippen LogP contribution in [0, 0.1) is 0 Å². The molecule has 0 aliphatic rings. The van der Waals surface area contributed by atoms with Crippen molar-refractivity contribution in [3.63, 3.8) is 0 Å². The molecule has 4 aromatic carbocycles. The number of hydrogen-bond donors (Lipinski definition) is 0. The van der Waals surface area contributed by atoms with E-state index in [4.69, 9.17) is 13.9 Å². The van der Waals surface area contributed by atoms with Gasteiger partial charge in [-0.25, -0.2) is 14.2 Å². The minimum absolute atomic E-state index is 0.136. The van der Waals surface area contributed by atoms with Crippen LogP contribution < -0.4 is 10.4 Å². The highest BCUT2D eigenvalue weighted by Crippen LogP contribution is 2.39. The first-order chi connectivity index (χ1) is 21.4. The molecule has 45 heavy (non-hydrogen) atoms. The molecule has 1 radical (unpaired) electrons. The van der Waals surface area contributed by atoms with Crippen LogP contribution in [0.4, 0.5) is 4.79 Å². The molecule has 0 fully saturated rings. The molecule has 0 spiro atoms. The van der Waals surface area contributed by atoms with Gasteiger partial charge in [-0.3, -0.25) is 0 Å². The Kier molecular flexibility index (Phi) is 9.42. The molecule has 231 valence electrons. The zero-order valence-electron chi connectivity index (χ0n) is 26.8. The molecule has 0 aliphatic carbocycles. The van der Waals surface area contributed by atoms with E-state index >= 15 is 0 Å². The average molecular weight is 619 g/mol. The predicted molar refractivity (Wildman–Crippen MR) is 181 cm³/mol. The fraction of sp³-hybridized carbons (Fsp3) is 0.263. The molecular formula is C38H40NO5Si. The van der Waals surface area contributed by atoms with Crippen molar-refractivity contribution in [2.24, 2.45) is 0 Å². The van der Waals surface area contributed by atoms with Crippen LogP contribution in [0.5, 0.6) is 0 Å². The number of nitrogens with zero attached hydrogens (tertiary/aromatic N) is 1. The Morgan fingerprint density at radius 2 is 1.24 bits per heavy atom. The minimum atomic E-state index is -1.69. The summed E-state index contributed by atoms with van der Waals surface area (Å²) in [5, 5.41) is 2.85. The third-order valence-corrected chi connectivity index (χ3v) is 9.42. The van der Waals surface area contributed by atoms with E-state index in [1.807, 2.05) is 93.6 Å². The molecule has 1 aromatic heterocycles. The third kappa shape index (κ3) is 7.44. The van der Waals surface area contributed by atoms with Crippen molar-refractivity contribution in [3.05, 3.63) is 132 Å². The zero-order valence-corrected chi connectivity index (χ0v) is 27.8. The van der Waals surface area contributed by atoms with Gasteiger partial charge in [0, 0.05) is 5.39 Å². The van der Waals surface area contributed by atoms with Gasteiger partial charge < -0.3 is 13.9 Å². The number of ether oxygens (including phenoxy) is 2. The molecule has 0 amide bonds. The van der Waals surface area contributed by atoms with Gasteiger partial charge in [0.15, 0.2) is 0 Å². The highest BCUT2D eigenvalue weighted by Gasteiger charge is 2.34. The monoisotopic (exact) mass is 618 g/mol. The van der Waals surface area contributed by atoms with Gasteiger partial charge in [0.1, 0.15) is 12.2 Å². The lowest BCUT2D eigenvalue weighted by Crippen LogP contribution is -2.45. The molecule has 6 nitrogen and oxygen atoms in total. The molecule has 1 heterocycles. The topological polar surface area (TPSA) is 66.8 Å². The molecule has 0 unspecified atom stereocenters. The van der Waals surface area contributed by atoms with Crippen LogP contribution in [-0.2, 0) is 32.5 Å². The van der Waals surface area contributed by atoms with Gasteiger partial charge in [-0.15, -0.1) is 0 Å². The fourth-order valence-electron chi connectivity index (χ4n) is 5.48. The maximum Gasteiger partial charge on any atom is 0.419 e. The second-order valence-electron chi connectivity index (χ2n) is 13.0.